The van der Waals surface area contributed by atoms with E-state index in [2.05, 4.69) is 145 Å². The van der Waals surface area contributed by atoms with E-state index >= 15 is 0 Å². The number of nitrogens with one attached hydrogen (secondary N) is 1. The Morgan fingerprint density at radius 3 is 1.50 bits per heavy atom. The van der Waals surface area contributed by atoms with E-state index in [9.17, 15) is 0 Å². The minimum atomic E-state index is 0.915. The predicted molar refractivity (Wildman–Crippen MR) is 177 cm³/mol. The van der Waals surface area contributed by atoms with Crippen LogP contribution in [0.3, 0.4) is 0 Å². The van der Waals surface area contributed by atoms with Gasteiger partial charge in [-0.15, -0.1) is 0 Å². The van der Waals surface area contributed by atoms with Gasteiger partial charge in [-0.3, -0.25) is 0 Å². The van der Waals surface area contributed by atoms with Gasteiger partial charge in [0.1, 0.15) is 11.2 Å². The molecule has 0 fully saturated rings. The van der Waals surface area contributed by atoms with Crippen molar-refractivity contribution in [2.75, 3.05) is 5.32 Å². The number of benzene rings is 7. The molecule has 0 unspecified atom stereocenters. The maximum atomic E-state index is 6.10. The number of anilines is 2. The Morgan fingerprint density at radius 1 is 0.357 bits per heavy atom. The molecular weight excluding hydrogens is 510 g/mol. The molecule has 0 bridgehead atoms. The van der Waals surface area contributed by atoms with Crippen LogP contribution in [0.25, 0.3) is 66.1 Å². The molecule has 7 aromatic carbocycles. The topological polar surface area (TPSA) is 25.2 Å². The summed E-state index contributed by atoms with van der Waals surface area (Å²) in [6, 6.07) is 55.6. The fraction of sp³-hybridized carbons (Fsp3) is 0. The summed E-state index contributed by atoms with van der Waals surface area (Å²) in [5.41, 5.74) is 11.2. The van der Waals surface area contributed by atoms with E-state index in [-0.39, 0.29) is 0 Å². The van der Waals surface area contributed by atoms with Gasteiger partial charge in [0.05, 0.1) is 0 Å². The molecule has 0 aliphatic heterocycles. The van der Waals surface area contributed by atoms with Crippen LogP contribution in [-0.4, -0.2) is 0 Å². The largest absolute Gasteiger partial charge is 0.456 e. The third-order valence-corrected chi connectivity index (χ3v) is 8.07. The second-order valence-corrected chi connectivity index (χ2v) is 10.6. The summed E-state index contributed by atoms with van der Waals surface area (Å²) in [5, 5.41) is 8.41. The van der Waals surface area contributed by atoms with Gasteiger partial charge in [-0.1, -0.05) is 121 Å². The normalized spacial score (nSPS) is 11.3. The molecule has 8 aromatic rings. The van der Waals surface area contributed by atoms with Crippen molar-refractivity contribution in [3.63, 3.8) is 0 Å². The Morgan fingerprint density at radius 2 is 0.857 bits per heavy atom. The summed E-state index contributed by atoms with van der Waals surface area (Å²) in [6.07, 6.45) is 0. The molecule has 0 aliphatic carbocycles. The first-order valence-electron chi connectivity index (χ1n) is 14.3. The monoisotopic (exact) mass is 537 g/mol. The Balaban J connectivity index is 1.09. The fourth-order valence-corrected chi connectivity index (χ4v) is 6.09. The Labute approximate surface area is 244 Å². The number of hydrogen-bond acceptors (Lipinski definition) is 2. The highest BCUT2D eigenvalue weighted by Crippen LogP contribution is 2.38. The van der Waals surface area contributed by atoms with Crippen LogP contribution in [0.4, 0.5) is 11.4 Å². The van der Waals surface area contributed by atoms with E-state index in [1.54, 1.807) is 0 Å². The van der Waals surface area contributed by atoms with Crippen molar-refractivity contribution in [2.24, 2.45) is 0 Å². The molecule has 0 atom stereocenters. The van der Waals surface area contributed by atoms with E-state index in [0.717, 1.165) is 33.3 Å². The van der Waals surface area contributed by atoms with E-state index in [1.807, 2.05) is 18.2 Å². The number of fused-ring (bicyclic) bond motifs is 4. The molecule has 1 heterocycles. The van der Waals surface area contributed by atoms with Crippen LogP contribution in [0.2, 0.25) is 0 Å². The average molecular weight is 538 g/mol. The molecule has 198 valence electrons. The number of hydrogen-bond donors (Lipinski definition) is 1. The highest BCUT2D eigenvalue weighted by Gasteiger charge is 2.13. The minimum absolute atomic E-state index is 0.915. The lowest BCUT2D eigenvalue weighted by Gasteiger charge is -2.13. The van der Waals surface area contributed by atoms with E-state index in [1.165, 1.54) is 44.2 Å². The Hall–Kier alpha value is -5.60. The van der Waals surface area contributed by atoms with Crippen molar-refractivity contribution in [2.45, 2.75) is 0 Å². The van der Waals surface area contributed by atoms with Crippen LogP contribution in [0, 0.1) is 0 Å². The lowest BCUT2D eigenvalue weighted by molar-refractivity contribution is 0.669. The van der Waals surface area contributed by atoms with Gasteiger partial charge in [0.25, 0.3) is 0 Å². The summed E-state index contributed by atoms with van der Waals surface area (Å²) in [6.45, 7) is 0. The van der Waals surface area contributed by atoms with E-state index < -0.39 is 0 Å². The van der Waals surface area contributed by atoms with Crippen LogP contribution >= 0.6 is 0 Å². The molecule has 0 saturated heterocycles. The van der Waals surface area contributed by atoms with Crippen molar-refractivity contribution in [3.8, 4) is 33.4 Å². The van der Waals surface area contributed by atoms with E-state index in [4.69, 9.17) is 4.42 Å². The zero-order valence-electron chi connectivity index (χ0n) is 22.9. The highest BCUT2D eigenvalue weighted by atomic mass is 16.3. The summed E-state index contributed by atoms with van der Waals surface area (Å²) < 4.78 is 6.10. The van der Waals surface area contributed by atoms with Crippen LogP contribution in [0.5, 0.6) is 0 Å². The van der Waals surface area contributed by atoms with Gasteiger partial charge in [0.15, 0.2) is 0 Å². The molecule has 0 radical (unpaired) electrons. The van der Waals surface area contributed by atoms with Crippen LogP contribution in [-0.2, 0) is 0 Å². The lowest BCUT2D eigenvalue weighted by atomic mass is 9.91. The highest BCUT2D eigenvalue weighted by molar-refractivity contribution is 6.12. The molecular formula is C40H27NO. The second-order valence-electron chi connectivity index (χ2n) is 10.6. The fourth-order valence-electron chi connectivity index (χ4n) is 6.09. The number of furan rings is 1. The Kier molecular flexibility index (Phi) is 5.82. The van der Waals surface area contributed by atoms with Crippen molar-refractivity contribution < 1.29 is 4.42 Å². The lowest BCUT2D eigenvalue weighted by Crippen LogP contribution is -1.91. The van der Waals surface area contributed by atoms with Crippen LogP contribution < -0.4 is 5.32 Å². The van der Waals surface area contributed by atoms with Crippen molar-refractivity contribution >= 4 is 44.1 Å². The van der Waals surface area contributed by atoms with Gasteiger partial charge in [0, 0.05) is 22.1 Å². The van der Waals surface area contributed by atoms with Crippen molar-refractivity contribution in [1.82, 2.24) is 0 Å². The predicted octanol–water partition coefficient (Wildman–Crippen LogP) is 11.5. The third-order valence-electron chi connectivity index (χ3n) is 8.07. The minimum Gasteiger partial charge on any atom is -0.456 e. The smallest absolute Gasteiger partial charge is 0.136 e. The van der Waals surface area contributed by atoms with E-state index in [0.29, 0.717) is 0 Å². The second kappa shape index (κ2) is 10.1. The number of para-hydroxylation sites is 1. The summed E-state index contributed by atoms with van der Waals surface area (Å²) >= 11 is 0. The summed E-state index contributed by atoms with van der Waals surface area (Å²) in [5.74, 6) is 0. The molecule has 0 amide bonds. The first-order chi connectivity index (χ1) is 20.8. The maximum Gasteiger partial charge on any atom is 0.136 e. The summed E-state index contributed by atoms with van der Waals surface area (Å²) in [4.78, 5) is 0. The molecule has 0 spiro atoms. The van der Waals surface area contributed by atoms with Crippen molar-refractivity contribution in [3.05, 3.63) is 158 Å². The molecule has 2 heteroatoms. The SMILES string of the molecule is c1ccc(-c2cccc3cccc(-c4ccc(Nc5ccc(-c6cccc7oc8ccccc8c67)cc5)cc4)c23)cc1. The quantitative estimate of drug-likeness (QED) is 0.236. The van der Waals surface area contributed by atoms with Crippen LogP contribution in [0.15, 0.2) is 162 Å². The maximum absolute atomic E-state index is 6.10. The van der Waals surface area contributed by atoms with Gasteiger partial charge in [-0.05, 0) is 80.6 Å². The molecule has 42 heavy (non-hydrogen) atoms. The molecule has 0 aliphatic rings. The van der Waals surface area contributed by atoms with Gasteiger partial charge >= 0.3 is 0 Å². The first kappa shape index (κ1) is 24.2. The molecule has 1 N–H and O–H groups in total. The Bertz CT molecular complexity index is 2190. The number of rotatable bonds is 5. The average Bonchev–Trinajstić information content (AvgIpc) is 3.44. The molecule has 1 aromatic heterocycles. The van der Waals surface area contributed by atoms with Crippen LogP contribution in [0.1, 0.15) is 0 Å². The first-order valence-corrected chi connectivity index (χ1v) is 14.3. The standard InChI is InChI=1S/C40H27NO/c1-2-9-27(10-3-1)33-14-6-11-30-12-7-15-34(39(30)33)28-19-23-31(24-20-28)41-32-25-21-29(22-26-32)35-16-8-18-38-40(35)36-13-4-5-17-37(36)42-38/h1-26,41H. The zero-order chi connectivity index (χ0) is 27.9. The van der Waals surface area contributed by atoms with Gasteiger partial charge in [-0.25, -0.2) is 0 Å². The van der Waals surface area contributed by atoms with Gasteiger partial charge in [-0.2, -0.15) is 0 Å². The molecule has 0 saturated carbocycles. The van der Waals surface area contributed by atoms with Gasteiger partial charge in [0.2, 0.25) is 0 Å². The van der Waals surface area contributed by atoms with Crippen molar-refractivity contribution in [1.29, 1.82) is 0 Å². The molecule has 8 rings (SSSR count). The third kappa shape index (κ3) is 4.22. The molecule has 2 nitrogen and oxygen atoms in total. The zero-order valence-corrected chi connectivity index (χ0v) is 22.9. The summed E-state index contributed by atoms with van der Waals surface area (Å²) in [7, 11) is 0. The van der Waals surface area contributed by atoms with Gasteiger partial charge < -0.3 is 9.73 Å².